The van der Waals surface area contributed by atoms with Gasteiger partial charge in [-0.3, -0.25) is 28.8 Å². The SMILES string of the molecule is Cc1[c-]c(C(=O)N[C@H](C(=O)N(C)[C@@H](CC2CC2)C(=O)NC(CC2CC2)C(=O)C(=O)NCC(=O)N[C@H](C(N)=O)c2ccccc2)C2CCCCC2)ccc1.[Y]. The van der Waals surface area contributed by atoms with Crippen LogP contribution in [0.2, 0.25) is 0 Å². The standard InChI is InChI=1S/C40H51N6O7.Y/c1-24-10-9-15-29(20-24)37(50)45-34(28-13-7-4-8-14-28)40(53)46(2)31(22-26-18-19-26)38(51)43-30(21-25-16-17-25)35(48)39(52)42-23-32(47)44-33(36(41)49)27-11-5-3-6-12-27;/h3,5-6,9-12,15,25-26,28,30-31,33-34H,4,7-8,13-14,16-19,21-23H2,1-2H3,(H2,41,49)(H,42,52)(H,43,51)(H,44,47)(H,45,50);/q-1;/t30?,31-,33-,34-;/m0./s1. The fourth-order valence-corrected chi connectivity index (χ4v) is 7.04. The number of likely N-dealkylation sites (N-methyl/N-ethyl adjacent to an activating group) is 1. The van der Waals surface area contributed by atoms with E-state index in [1.54, 1.807) is 49.5 Å². The fraction of sp³-hybridized carbons (Fsp3) is 0.525. The van der Waals surface area contributed by atoms with Crippen molar-refractivity contribution in [3.63, 3.8) is 0 Å². The van der Waals surface area contributed by atoms with E-state index in [0.29, 0.717) is 17.5 Å². The van der Waals surface area contributed by atoms with Gasteiger partial charge in [-0.05, 0) is 49.0 Å². The Labute approximate surface area is 342 Å². The molecule has 4 atom stereocenters. The molecule has 0 saturated heterocycles. The molecule has 0 heterocycles. The summed E-state index contributed by atoms with van der Waals surface area (Å²) in [6.45, 7) is 1.24. The van der Waals surface area contributed by atoms with E-state index in [1.165, 1.54) is 4.90 Å². The normalized spacial score (nSPS) is 17.7. The zero-order valence-electron chi connectivity index (χ0n) is 31.1. The average molecular weight is 817 g/mol. The first kappa shape index (κ1) is 42.8. The molecule has 0 spiro atoms. The third-order valence-electron chi connectivity index (χ3n) is 10.5. The van der Waals surface area contributed by atoms with Crippen LogP contribution in [0, 0.1) is 30.7 Å². The van der Waals surface area contributed by atoms with Gasteiger partial charge in [0, 0.05) is 39.8 Å². The maximum Gasteiger partial charge on any atom is 0.290 e. The molecule has 2 aromatic rings. The van der Waals surface area contributed by atoms with Gasteiger partial charge in [-0.25, -0.2) is 0 Å². The number of nitrogens with two attached hydrogens (primary N) is 1. The molecule has 1 radical (unpaired) electrons. The maximum atomic E-state index is 14.3. The van der Waals surface area contributed by atoms with Crippen LogP contribution in [0.3, 0.4) is 0 Å². The van der Waals surface area contributed by atoms with Crippen LogP contribution in [0.1, 0.15) is 98.2 Å². The molecule has 6 amide bonds. The molecular weight excluding hydrogens is 765 g/mol. The molecule has 54 heavy (non-hydrogen) atoms. The van der Waals surface area contributed by atoms with Gasteiger partial charge in [0.2, 0.25) is 29.4 Å². The predicted octanol–water partition coefficient (Wildman–Crippen LogP) is 2.41. The third-order valence-corrected chi connectivity index (χ3v) is 10.5. The first-order valence-electron chi connectivity index (χ1n) is 18.7. The van der Waals surface area contributed by atoms with Crippen LogP contribution >= 0.6 is 0 Å². The molecule has 6 N–H and O–H groups in total. The van der Waals surface area contributed by atoms with E-state index in [0.717, 1.165) is 63.4 Å². The molecule has 3 aliphatic rings. The van der Waals surface area contributed by atoms with E-state index in [1.807, 2.05) is 13.0 Å². The minimum absolute atomic E-state index is 0. The molecule has 0 aliphatic heterocycles. The number of nitrogens with zero attached hydrogens (tertiary/aromatic N) is 1. The zero-order valence-corrected chi connectivity index (χ0v) is 33.9. The molecule has 1 unspecified atom stereocenters. The Balaban J connectivity index is 0.00000650. The topological polar surface area (TPSA) is 197 Å². The van der Waals surface area contributed by atoms with E-state index < -0.39 is 66.0 Å². The summed E-state index contributed by atoms with van der Waals surface area (Å²) in [6, 6.07) is 12.6. The summed E-state index contributed by atoms with van der Waals surface area (Å²) in [4.78, 5) is 94.5. The number of hydrogen-bond acceptors (Lipinski definition) is 7. The number of Topliss-reactive ketones (excluding diaryl/α,β-unsaturated/α-hetero) is 1. The predicted molar refractivity (Wildman–Crippen MR) is 196 cm³/mol. The number of rotatable bonds is 18. The van der Waals surface area contributed by atoms with Gasteiger partial charge in [-0.2, -0.15) is 0 Å². The second-order valence-corrected chi connectivity index (χ2v) is 14.8. The molecule has 0 bridgehead atoms. The Hall–Kier alpha value is -3.97. The Kier molecular flexibility index (Phi) is 15.9. The molecule has 14 heteroatoms. The summed E-state index contributed by atoms with van der Waals surface area (Å²) in [5.74, 6) is -4.55. The Morgan fingerprint density at radius 3 is 2.07 bits per heavy atom. The molecule has 13 nitrogen and oxygen atoms in total. The van der Waals surface area contributed by atoms with Crippen molar-refractivity contribution in [1.29, 1.82) is 0 Å². The summed E-state index contributed by atoms with van der Waals surface area (Å²) in [5.41, 5.74) is 7.07. The van der Waals surface area contributed by atoms with Crippen LogP contribution in [0.25, 0.3) is 0 Å². The number of aryl methyl sites for hydroxylation is 1. The van der Waals surface area contributed by atoms with Crippen LogP contribution in [-0.2, 0) is 61.5 Å². The third kappa shape index (κ3) is 12.3. The van der Waals surface area contributed by atoms with E-state index >= 15 is 0 Å². The first-order chi connectivity index (χ1) is 25.4. The summed E-state index contributed by atoms with van der Waals surface area (Å²) >= 11 is 0. The van der Waals surface area contributed by atoms with Gasteiger partial charge in [0.25, 0.3) is 5.91 Å². The molecular formula is C40H51N6O7Y-. The minimum Gasteiger partial charge on any atom is -0.380 e. The summed E-state index contributed by atoms with van der Waals surface area (Å²) in [7, 11) is 1.56. The van der Waals surface area contributed by atoms with Crippen molar-refractivity contribution in [3.05, 3.63) is 71.3 Å². The number of benzene rings is 2. The van der Waals surface area contributed by atoms with Crippen LogP contribution in [0.15, 0.2) is 48.5 Å². The van der Waals surface area contributed by atoms with E-state index in [4.69, 9.17) is 5.73 Å². The minimum atomic E-state index is -1.17. The zero-order chi connectivity index (χ0) is 38.1. The van der Waals surface area contributed by atoms with Crippen molar-refractivity contribution < 1.29 is 66.3 Å². The van der Waals surface area contributed by atoms with Crippen LogP contribution in [-0.4, -0.2) is 77.8 Å². The number of ketones is 1. The van der Waals surface area contributed by atoms with E-state index in [9.17, 15) is 33.6 Å². The molecule has 3 saturated carbocycles. The summed E-state index contributed by atoms with van der Waals surface area (Å²) in [6.07, 6.45) is 8.59. The van der Waals surface area contributed by atoms with Gasteiger partial charge in [-0.15, -0.1) is 29.8 Å². The van der Waals surface area contributed by atoms with Crippen molar-refractivity contribution in [3.8, 4) is 0 Å². The van der Waals surface area contributed by atoms with Gasteiger partial charge < -0.3 is 36.7 Å². The molecule has 0 aromatic heterocycles. The van der Waals surface area contributed by atoms with E-state index in [2.05, 4.69) is 27.3 Å². The second-order valence-electron chi connectivity index (χ2n) is 14.8. The van der Waals surface area contributed by atoms with Crippen molar-refractivity contribution >= 4 is 41.2 Å². The molecule has 5 rings (SSSR count). The number of nitrogens with one attached hydrogen (secondary N) is 4. The second kappa shape index (κ2) is 20.1. The van der Waals surface area contributed by atoms with Gasteiger partial charge in [0.15, 0.2) is 5.91 Å². The van der Waals surface area contributed by atoms with Gasteiger partial charge in [0.1, 0.15) is 18.1 Å². The van der Waals surface area contributed by atoms with Crippen molar-refractivity contribution in [2.24, 2.45) is 23.5 Å². The van der Waals surface area contributed by atoms with Crippen molar-refractivity contribution in [1.82, 2.24) is 26.2 Å². The Morgan fingerprint density at radius 2 is 1.46 bits per heavy atom. The number of carbonyl (C=O) groups excluding carboxylic acids is 7. The smallest absolute Gasteiger partial charge is 0.290 e. The number of carbonyl (C=O) groups is 7. The average Bonchev–Trinajstić information content (AvgIpc) is 4.11. The molecule has 3 fully saturated rings. The van der Waals surface area contributed by atoms with Crippen LogP contribution < -0.4 is 27.0 Å². The Morgan fingerprint density at radius 1 is 0.815 bits per heavy atom. The molecule has 2 aromatic carbocycles. The number of amides is 6. The van der Waals surface area contributed by atoms with Gasteiger partial charge in [-0.1, -0.05) is 87.8 Å². The molecule has 287 valence electrons. The number of hydrogen-bond donors (Lipinski definition) is 5. The number of primary amides is 1. The van der Waals surface area contributed by atoms with Crippen LogP contribution in [0.4, 0.5) is 0 Å². The van der Waals surface area contributed by atoms with Crippen molar-refractivity contribution in [2.45, 2.75) is 102 Å². The van der Waals surface area contributed by atoms with Crippen molar-refractivity contribution in [2.75, 3.05) is 13.6 Å². The summed E-state index contributed by atoms with van der Waals surface area (Å²) < 4.78 is 0. The van der Waals surface area contributed by atoms with Crippen LogP contribution in [0.5, 0.6) is 0 Å². The Bertz CT molecular complexity index is 1680. The quantitative estimate of drug-likeness (QED) is 0.113. The first-order valence-corrected chi connectivity index (χ1v) is 18.7. The van der Waals surface area contributed by atoms with E-state index in [-0.39, 0.29) is 62.8 Å². The largest absolute Gasteiger partial charge is 0.380 e. The fourth-order valence-electron chi connectivity index (χ4n) is 7.04. The maximum absolute atomic E-state index is 14.3. The molecule has 3 aliphatic carbocycles. The van der Waals surface area contributed by atoms with Gasteiger partial charge in [0.05, 0.1) is 12.6 Å². The monoisotopic (exact) mass is 816 g/mol. The van der Waals surface area contributed by atoms with Gasteiger partial charge >= 0.3 is 0 Å². The summed E-state index contributed by atoms with van der Waals surface area (Å²) in [5, 5.41) is 10.5.